The largest absolute Gasteiger partial charge is 0.463 e. The van der Waals surface area contributed by atoms with Crippen LogP contribution in [0.1, 0.15) is 35.8 Å². The Bertz CT molecular complexity index is 1330. The number of rotatable bonds is 7. The number of anilines is 1. The van der Waals surface area contributed by atoms with Gasteiger partial charge in [-0.05, 0) is 49.7 Å². The number of fused-ring (bicyclic) bond motifs is 1. The Labute approximate surface area is 189 Å². The highest BCUT2D eigenvalue weighted by molar-refractivity contribution is 6.04. The van der Waals surface area contributed by atoms with Gasteiger partial charge in [0, 0.05) is 11.7 Å². The summed E-state index contributed by atoms with van der Waals surface area (Å²) in [7, 11) is 0. The van der Waals surface area contributed by atoms with Crippen molar-refractivity contribution in [2.45, 2.75) is 26.3 Å². The Morgan fingerprint density at radius 1 is 1.24 bits per heavy atom. The third-order valence-electron chi connectivity index (χ3n) is 4.90. The molecule has 3 aromatic heterocycles. The van der Waals surface area contributed by atoms with Crippen molar-refractivity contribution < 1.29 is 18.7 Å². The zero-order valence-corrected chi connectivity index (χ0v) is 18.1. The predicted molar refractivity (Wildman–Crippen MR) is 120 cm³/mol. The lowest BCUT2D eigenvalue weighted by Gasteiger charge is -2.10. The molecule has 0 aliphatic carbocycles. The molecule has 0 spiro atoms. The Morgan fingerprint density at radius 2 is 2.03 bits per heavy atom. The monoisotopic (exact) mass is 443 g/mol. The molecule has 1 aromatic carbocycles. The average molecular weight is 443 g/mol. The van der Waals surface area contributed by atoms with Gasteiger partial charge >= 0.3 is 5.97 Å². The molecule has 9 heteroatoms. The fourth-order valence-electron chi connectivity index (χ4n) is 3.32. The minimum absolute atomic E-state index is 0.0241. The molecule has 4 rings (SSSR count). The van der Waals surface area contributed by atoms with E-state index in [1.165, 1.54) is 6.26 Å². The van der Waals surface area contributed by atoms with Gasteiger partial charge in [0.05, 0.1) is 35.9 Å². The van der Waals surface area contributed by atoms with Crippen LogP contribution in [-0.4, -0.2) is 33.2 Å². The van der Waals surface area contributed by atoms with Gasteiger partial charge in [0.15, 0.2) is 18.0 Å². The lowest BCUT2D eigenvalue weighted by molar-refractivity contribution is -0.119. The summed E-state index contributed by atoms with van der Waals surface area (Å²) >= 11 is 0. The Balaban J connectivity index is 1.52. The lowest BCUT2D eigenvalue weighted by atomic mass is 10.1. The molecule has 1 amide bonds. The van der Waals surface area contributed by atoms with Gasteiger partial charge in [-0.1, -0.05) is 12.1 Å². The highest BCUT2D eigenvalue weighted by Gasteiger charge is 2.21. The quantitative estimate of drug-likeness (QED) is 0.426. The van der Waals surface area contributed by atoms with Crippen molar-refractivity contribution in [3.63, 3.8) is 0 Å². The standard InChI is InChI=1S/C24H21N5O4/c1-15(2)29-23-19(13-26-29)18(12-20(28-23)21-4-3-11-32-21)24(31)33-14-22(30)27-17-7-5-16(6-8-17)9-10-25/h3-8,11-13,15H,9,14H2,1-2H3,(H,27,30). The molecule has 0 unspecified atom stereocenters. The second-order valence-corrected chi connectivity index (χ2v) is 7.61. The van der Waals surface area contributed by atoms with Crippen LogP contribution in [0.5, 0.6) is 0 Å². The van der Waals surface area contributed by atoms with Gasteiger partial charge in [0.1, 0.15) is 5.69 Å². The first-order valence-electron chi connectivity index (χ1n) is 10.3. The van der Waals surface area contributed by atoms with E-state index in [-0.39, 0.29) is 11.6 Å². The molecule has 0 aliphatic heterocycles. The molecule has 9 nitrogen and oxygen atoms in total. The summed E-state index contributed by atoms with van der Waals surface area (Å²) in [6.45, 7) is 3.46. The molecule has 3 heterocycles. The van der Waals surface area contributed by atoms with E-state index >= 15 is 0 Å². The second kappa shape index (κ2) is 9.36. The second-order valence-electron chi connectivity index (χ2n) is 7.61. The first-order valence-corrected chi connectivity index (χ1v) is 10.3. The highest BCUT2D eigenvalue weighted by Crippen LogP contribution is 2.27. The number of hydrogen-bond donors (Lipinski definition) is 1. The smallest absolute Gasteiger partial charge is 0.339 e. The molecule has 0 fully saturated rings. The highest BCUT2D eigenvalue weighted by atomic mass is 16.5. The summed E-state index contributed by atoms with van der Waals surface area (Å²) < 4.78 is 12.4. The third kappa shape index (κ3) is 4.75. The number of nitriles is 1. The Morgan fingerprint density at radius 3 is 2.70 bits per heavy atom. The molecule has 4 aromatic rings. The van der Waals surface area contributed by atoms with Gasteiger partial charge in [0.25, 0.3) is 5.91 Å². The van der Waals surface area contributed by atoms with Crippen LogP contribution in [0, 0.1) is 11.3 Å². The van der Waals surface area contributed by atoms with E-state index in [2.05, 4.69) is 21.5 Å². The molecule has 0 aliphatic rings. The number of furan rings is 1. The molecule has 0 bridgehead atoms. The topological polar surface area (TPSA) is 123 Å². The lowest BCUT2D eigenvalue weighted by Crippen LogP contribution is -2.21. The van der Waals surface area contributed by atoms with Crippen LogP contribution in [-0.2, 0) is 16.0 Å². The van der Waals surface area contributed by atoms with Crippen LogP contribution < -0.4 is 5.32 Å². The van der Waals surface area contributed by atoms with Crippen LogP contribution in [0.25, 0.3) is 22.5 Å². The van der Waals surface area contributed by atoms with Crippen LogP contribution in [0.4, 0.5) is 5.69 Å². The number of aromatic nitrogens is 3. The van der Waals surface area contributed by atoms with E-state index in [9.17, 15) is 9.59 Å². The van der Waals surface area contributed by atoms with E-state index in [0.29, 0.717) is 34.6 Å². The number of carbonyl (C=O) groups is 2. The summed E-state index contributed by atoms with van der Waals surface area (Å²) in [4.78, 5) is 29.8. The van der Waals surface area contributed by atoms with Crippen LogP contribution in [0.15, 0.2) is 59.3 Å². The molecule has 1 N–H and O–H groups in total. The number of nitrogens with zero attached hydrogens (tertiary/aromatic N) is 4. The maximum atomic E-state index is 12.9. The fourth-order valence-corrected chi connectivity index (χ4v) is 3.32. The van der Waals surface area contributed by atoms with E-state index < -0.39 is 18.5 Å². The van der Waals surface area contributed by atoms with Gasteiger partial charge in [-0.25, -0.2) is 14.5 Å². The summed E-state index contributed by atoms with van der Waals surface area (Å²) in [6, 6.07) is 14.0. The molecule has 33 heavy (non-hydrogen) atoms. The van der Waals surface area contributed by atoms with E-state index in [4.69, 9.17) is 14.4 Å². The van der Waals surface area contributed by atoms with Crippen LogP contribution in [0.3, 0.4) is 0 Å². The van der Waals surface area contributed by atoms with Crippen LogP contribution in [0.2, 0.25) is 0 Å². The first kappa shape index (κ1) is 21.8. The van der Waals surface area contributed by atoms with Gasteiger partial charge < -0.3 is 14.5 Å². The number of amides is 1. The van der Waals surface area contributed by atoms with Crippen LogP contribution >= 0.6 is 0 Å². The molecular weight excluding hydrogens is 422 g/mol. The van der Waals surface area contributed by atoms with Gasteiger partial charge in [-0.3, -0.25) is 4.79 Å². The Kier molecular flexibility index (Phi) is 6.17. The normalized spacial score (nSPS) is 10.8. The van der Waals surface area contributed by atoms with Crippen molar-refractivity contribution in [2.24, 2.45) is 0 Å². The molecule has 0 saturated carbocycles. The zero-order chi connectivity index (χ0) is 23.4. The first-order chi connectivity index (χ1) is 16.0. The Hall–Kier alpha value is -4.45. The van der Waals surface area contributed by atoms with E-state index in [1.807, 2.05) is 13.8 Å². The van der Waals surface area contributed by atoms with Crippen molar-refractivity contribution >= 4 is 28.6 Å². The summed E-state index contributed by atoms with van der Waals surface area (Å²) in [5.74, 6) is -0.649. The SMILES string of the molecule is CC(C)n1ncc2c(C(=O)OCC(=O)Nc3ccc(CC#N)cc3)cc(-c3ccco3)nc21. The number of nitrogens with one attached hydrogen (secondary N) is 1. The maximum Gasteiger partial charge on any atom is 0.339 e. The fraction of sp³-hybridized carbons (Fsp3) is 0.208. The number of pyridine rings is 1. The van der Waals surface area contributed by atoms with E-state index in [1.54, 1.807) is 53.3 Å². The molecule has 166 valence electrons. The molecule has 0 atom stereocenters. The third-order valence-corrected chi connectivity index (χ3v) is 4.90. The molecule has 0 radical (unpaired) electrons. The van der Waals surface area contributed by atoms with Crippen molar-refractivity contribution in [3.8, 4) is 17.5 Å². The average Bonchev–Trinajstić information content (AvgIpc) is 3.48. The van der Waals surface area contributed by atoms with Crippen molar-refractivity contribution in [2.75, 3.05) is 11.9 Å². The van der Waals surface area contributed by atoms with E-state index in [0.717, 1.165) is 5.56 Å². The number of hydrogen-bond acceptors (Lipinski definition) is 7. The van der Waals surface area contributed by atoms with Crippen molar-refractivity contribution in [1.82, 2.24) is 14.8 Å². The minimum Gasteiger partial charge on any atom is -0.463 e. The van der Waals surface area contributed by atoms with Gasteiger partial charge in [-0.2, -0.15) is 10.4 Å². The minimum atomic E-state index is -0.668. The maximum absolute atomic E-state index is 12.9. The number of esters is 1. The number of ether oxygens (including phenoxy) is 1. The van der Waals surface area contributed by atoms with Gasteiger partial charge in [0.2, 0.25) is 0 Å². The number of benzene rings is 1. The summed E-state index contributed by atoms with van der Waals surface area (Å²) in [5, 5.41) is 16.3. The molecule has 0 saturated heterocycles. The number of carbonyl (C=O) groups excluding carboxylic acids is 2. The van der Waals surface area contributed by atoms with Crippen molar-refractivity contribution in [1.29, 1.82) is 5.26 Å². The molecular formula is C24H21N5O4. The summed E-state index contributed by atoms with van der Waals surface area (Å²) in [6.07, 6.45) is 3.38. The predicted octanol–water partition coefficient (Wildman–Crippen LogP) is 4.13. The summed E-state index contributed by atoms with van der Waals surface area (Å²) in [5.41, 5.74) is 2.61. The van der Waals surface area contributed by atoms with Gasteiger partial charge in [-0.15, -0.1) is 0 Å². The zero-order valence-electron chi connectivity index (χ0n) is 18.1. The van der Waals surface area contributed by atoms with Crippen molar-refractivity contribution in [3.05, 3.63) is 66.1 Å².